The van der Waals surface area contributed by atoms with Crippen molar-refractivity contribution in [3.63, 3.8) is 0 Å². The van der Waals surface area contributed by atoms with Gasteiger partial charge in [0, 0.05) is 17.7 Å². The highest BCUT2D eigenvalue weighted by Crippen LogP contribution is 2.37. The number of alkyl halides is 3. The number of ether oxygens (including phenoxy) is 1. The van der Waals surface area contributed by atoms with Crippen LogP contribution in [0.5, 0.6) is 5.88 Å². The average molecular weight is 457 g/mol. The molecule has 0 amide bonds. The maximum atomic E-state index is 14.5. The molecule has 0 radical (unpaired) electrons. The fourth-order valence-electron chi connectivity index (χ4n) is 3.07. The van der Waals surface area contributed by atoms with Gasteiger partial charge in [-0.25, -0.2) is 9.37 Å². The predicted octanol–water partition coefficient (Wildman–Crippen LogP) is 3.23. The maximum Gasteiger partial charge on any atom is 0.422 e. The van der Waals surface area contributed by atoms with Crippen LogP contribution >= 0.6 is 11.8 Å². The predicted molar refractivity (Wildman–Crippen MR) is 108 cm³/mol. The van der Waals surface area contributed by atoms with Crippen molar-refractivity contribution in [2.24, 2.45) is 10.7 Å². The fourth-order valence-corrected chi connectivity index (χ4v) is 4.05. The molecule has 1 aromatic heterocycles. The third-order valence-electron chi connectivity index (χ3n) is 4.60. The van der Waals surface area contributed by atoms with Crippen LogP contribution in [-0.2, 0) is 12.0 Å². The second-order valence-corrected chi connectivity index (χ2v) is 8.20. The summed E-state index contributed by atoms with van der Waals surface area (Å²) in [5.74, 6) is -1.12. The molecule has 0 saturated carbocycles. The lowest BCUT2D eigenvalue weighted by molar-refractivity contribution is -0.154. The summed E-state index contributed by atoms with van der Waals surface area (Å²) >= 11 is 1.39. The molecular formula is C19H19F4N5O2S. The Balaban J connectivity index is 1.79. The van der Waals surface area contributed by atoms with Crippen LogP contribution in [0.4, 0.5) is 23.4 Å². The van der Waals surface area contributed by atoms with Crippen molar-refractivity contribution >= 4 is 28.5 Å². The van der Waals surface area contributed by atoms with E-state index in [1.165, 1.54) is 23.9 Å². The molecule has 12 heteroatoms. The van der Waals surface area contributed by atoms with Crippen molar-refractivity contribution in [3.05, 3.63) is 47.0 Å². The molecule has 0 aliphatic carbocycles. The summed E-state index contributed by atoms with van der Waals surface area (Å²) in [7, 11) is 0. The van der Waals surface area contributed by atoms with E-state index in [0.717, 1.165) is 6.20 Å². The van der Waals surface area contributed by atoms with E-state index in [9.17, 15) is 22.4 Å². The number of carbonyl (C=O) groups is 1. The summed E-state index contributed by atoms with van der Waals surface area (Å²) in [5.41, 5.74) is 11.2. The molecule has 0 fully saturated rings. The van der Waals surface area contributed by atoms with E-state index in [0.29, 0.717) is 28.5 Å². The lowest BCUT2D eigenvalue weighted by Crippen LogP contribution is -2.29. The van der Waals surface area contributed by atoms with E-state index in [1.54, 1.807) is 13.0 Å². The quantitative estimate of drug-likeness (QED) is 0.505. The van der Waals surface area contributed by atoms with Gasteiger partial charge < -0.3 is 16.2 Å². The third-order valence-corrected chi connectivity index (χ3v) is 5.39. The molecule has 4 N–H and O–H groups in total. The standard InChI is InChI=1S/C19H19F4N5O2S/c1-18(4-5-31-17(25)28-18)11-6-10(2-3-12(11)20)7-13(29)15-16(24)27-14(8-26-15)30-9-19(21,22)23/h2-3,6,8H,4-5,7,9H2,1H3,(H2,24,27)(H2,25,28)/t18-/m0/s1. The van der Waals surface area contributed by atoms with E-state index in [1.807, 2.05) is 0 Å². The molecule has 2 aromatic rings. The summed E-state index contributed by atoms with van der Waals surface area (Å²) in [6.07, 6.45) is -3.25. The van der Waals surface area contributed by atoms with Crippen LogP contribution in [0, 0.1) is 5.82 Å². The Morgan fingerprint density at radius 2 is 2.06 bits per heavy atom. The zero-order valence-electron chi connectivity index (χ0n) is 16.4. The summed E-state index contributed by atoms with van der Waals surface area (Å²) in [4.78, 5) is 24.4. The first-order valence-electron chi connectivity index (χ1n) is 9.09. The number of nitrogen functional groups attached to an aromatic ring is 1. The van der Waals surface area contributed by atoms with Gasteiger partial charge in [-0.1, -0.05) is 17.8 Å². The lowest BCUT2D eigenvalue weighted by atomic mass is 9.87. The van der Waals surface area contributed by atoms with Crippen molar-refractivity contribution in [2.75, 3.05) is 18.1 Å². The Hall–Kier alpha value is -2.89. The number of Topliss-reactive ketones (excluding diaryl/α,β-unsaturated/α-hetero) is 1. The fraction of sp³-hybridized carbons (Fsp3) is 0.368. The van der Waals surface area contributed by atoms with Crippen molar-refractivity contribution in [1.82, 2.24) is 9.97 Å². The normalized spacial score (nSPS) is 19.1. The number of aromatic nitrogens is 2. The maximum absolute atomic E-state index is 14.5. The third kappa shape index (κ3) is 5.63. The van der Waals surface area contributed by atoms with Gasteiger partial charge in [-0.2, -0.15) is 18.2 Å². The van der Waals surface area contributed by atoms with Crippen molar-refractivity contribution in [2.45, 2.75) is 31.5 Å². The second-order valence-electron chi connectivity index (χ2n) is 7.08. The number of thioether (sulfide) groups is 1. The summed E-state index contributed by atoms with van der Waals surface area (Å²) < 4.78 is 55.7. The molecule has 166 valence electrons. The number of rotatable bonds is 6. The van der Waals surface area contributed by atoms with Crippen LogP contribution in [0.15, 0.2) is 29.4 Å². The molecule has 3 rings (SSSR count). The molecule has 31 heavy (non-hydrogen) atoms. The van der Waals surface area contributed by atoms with Crippen molar-refractivity contribution < 1.29 is 27.1 Å². The number of benzene rings is 1. The van der Waals surface area contributed by atoms with Crippen LogP contribution in [0.3, 0.4) is 0 Å². The van der Waals surface area contributed by atoms with Crippen LogP contribution < -0.4 is 16.2 Å². The van der Waals surface area contributed by atoms with E-state index >= 15 is 0 Å². The summed E-state index contributed by atoms with van der Waals surface area (Å²) in [5, 5.41) is 0.366. The Labute approximate surface area is 179 Å². The number of carbonyl (C=O) groups excluding carboxylic acids is 1. The smallest absolute Gasteiger partial charge is 0.422 e. The van der Waals surface area contributed by atoms with E-state index in [-0.39, 0.29) is 17.9 Å². The minimum atomic E-state index is -4.55. The highest BCUT2D eigenvalue weighted by molar-refractivity contribution is 8.13. The first-order valence-corrected chi connectivity index (χ1v) is 10.1. The van der Waals surface area contributed by atoms with Gasteiger partial charge in [0.15, 0.2) is 23.4 Å². The van der Waals surface area contributed by atoms with E-state index < -0.39 is 35.8 Å². The zero-order valence-corrected chi connectivity index (χ0v) is 17.2. The number of hydrogen-bond donors (Lipinski definition) is 2. The molecule has 1 aromatic carbocycles. The Morgan fingerprint density at radius 3 is 2.71 bits per heavy atom. The molecule has 0 saturated heterocycles. The number of halogens is 4. The average Bonchev–Trinajstić information content (AvgIpc) is 2.67. The number of amidine groups is 1. The van der Waals surface area contributed by atoms with Gasteiger partial charge in [-0.15, -0.1) is 0 Å². The number of nitrogens with two attached hydrogens (primary N) is 2. The molecule has 0 unspecified atom stereocenters. The molecule has 0 bridgehead atoms. The van der Waals surface area contributed by atoms with Gasteiger partial charge in [0.2, 0.25) is 5.88 Å². The Kier molecular flexibility index (Phi) is 6.39. The van der Waals surface area contributed by atoms with E-state index in [4.69, 9.17) is 11.5 Å². The number of ketones is 1. The number of nitrogens with zero attached hydrogens (tertiary/aromatic N) is 3. The highest BCUT2D eigenvalue weighted by Gasteiger charge is 2.32. The van der Waals surface area contributed by atoms with Gasteiger partial charge in [-0.05, 0) is 31.0 Å². The SMILES string of the molecule is C[C@@]1(c2cc(CC(=O)c3ncc(OCC(F)(F)F)nc3N)ccc2F)CCSC(N)=N1. The topological polar surface area (TPSA) is 116 Å². The molecular weight excluding hydrogens is 438 g/mol. The van der Waals surface area contributed by atoms with Crippen molar-refractivity contribution in [3.8, 4) is 5.88 Å². The van der Waals surface area contributed by atoms with Crippen LogP contribution in [0.1, 0.15) is 35.0 Å². The van der Waals surface area contributed by atoms with Gasteiger partial charge in [0.25, 0.3) is 0 Å². The Bertz CT molecular complexity index is 1030. The highest BCUT2D eigenvalue weighted by atomic mass is 32.2. The van der Waals surface area contributed by atoms with Gasteiger partial charge in [0.1, 0.15) is 11.5 Å². The van der Waals surface area contributed by atoms with Crippen LogP contribution in [0.2, 0.25) is 0 Å². The van der Waals surface area contributed by atoms with E-state index in [2.05, 4.69) is 19.7 Å². The lowest BCUT2D eigenvalue weighted by Gasteiger charge is -2.30. The summed E-state index contributed by atoms with van der Waals surface area (Å²) in [6.45, 7) is 0.212. The molecule has 0 spiro atoms. The molecule has 2 heterocycles. The first kappa shape index (κ1) is 22.8. The van der Waals surface area contributed by atoms with Crippen molar-refractivity contribution in [1.29, 1.82) is 0 Å². The number of anilines is 1. The zero-order chi connectivity index (χ0) is 22.8. The summed E-state index contributed by atoms with van der Waals surface area (Å²) in [6, 6.07) is 4.25. The Morgan fingerprint density at radius 1 is 1.32 bits per heavy atom. The monoisotopic (exact) mass is 457 g/mol. The molecule has 7 nitrogen and oxygen atoms in total. The first-order chi connectivity index (χ1) is 14.5. The number of aliphatic imine (C=N–C) groups is 1. The van der Waals surface area contributed by atoms with Gasteiger partial charge in [0.05, 0.1) is 11.7 Å². The molecule has 1 atom stereocenters. The molecule has 1 aliphatic heterocycles. The molecule has 1 aliphatic rings. The number of hydrogen-bond acceptors (Lipinski definition) is 8. The van der Waals surface area contributed by atoms with Gasteiger partial charge in [-0.3, -0.25) is 9.79 Å². The largest absolute Gasteiger partial charge is 0.467 e. The minimum Gasteiger partial charge on any atom is -0.467 e. The minimum absolute atomic E-state index is 0.168. The van der Waals surface area contributed by atoms with Gasteiger partial charge >= 0.3 is 6.18 Å². The van der Waals surface area contributed by atoms with Crippen LogP contribution in [-0.4, -0.2) is 39.5 Å². The second kappa shape index (κ2) is 8.69. The van der Waals surface area contributed by atoms with Crippen LogP contribution in [0.25, 0.3) is 0 Å².